The fourth-order valence-corrected chi connectivity index (χ4v) is 4.44. The van der Waals surface area contributed by atoms with Crippen LogP contribution in [-0.4, -0.2) is 25.6 Å². The van der Waals surface area contributed by atoms with Crippen molar-refractivity contribution in [1.29, 1.82) is 0 Å². The lowest BCUT2D eigenvalue weighted by molar-refractivity contribution is 0.262. The molecule has 4 aromatic rings. The first-order valence-corrected chi connectivity index (χ1v) is 10.9. The van der Waals surface area contributed by atoms with Crippen molar-refractivity contribution in [3.05, 3.63) is 75.3 Å². The number of anilines is 2. The second kappa shape index (κ2) is 8.82. The van der Waals surface area contributed by atoms with Crippen LogP contribution in [-0.2, 0) is 5.75 Å². The van der Waals surface area contributed by atoms with Gasteiger partial charge in [0.25, 0.3) is 5.56 Å². The molecule has 0 atom stereocenters. The Morgan fingerprint density at radius 2 is 2.07 bits per heavy atom. The van der Waals surface area contributed by atoms with Crippen LogP contribution in [0.5, 0.6) is 0 Å². The third-order valence-corrected chi connectivity index (χ3v) is 6.53. The smallest absolute Gasteiger partial charge is 0.307 e. The minimum atomic E-state index is -0.433. The van der Waals surface area contributed by atoms with Crippen LogP contribution in [0.4, 0.5) is 15.6 Å². The van der Waals surface area contributed by atoms with E-state index in [2.05, 4.69) is 25.8 Å². The number of aromatic nitrogens is 4. The molecule has 11 heteroatoms. The lowest BCUT2D eigenvalue weighted by Crippen LogP contribution is -2.19. The van der Waals surface area contributed by atoms with Gasteiger partial charge in [-0.3, -0.25) is 14.5 Å². The lowest BCUT2D eigenvalue weighted by Gasteiger charge is -2.09. The van der Waals surface area contributed by atoms with Gasteiger partial charge in [-0.05, 0) is 36.8 Å². The maximum absolute atomic E-state index is 12.2. The zero-order valence-corrected chi connectivity index (χ0v) is 18.0. The first-order valence-electron chi connectivity index (χ1n) is 8.76. The lowest BCUT2D eigenvalue weighted by atomic mass is 10.2. The molecular formula is C19H15ClN6O2S2. The summed E-state index contributed by atoms with van der Waals surface area (Å²) in [5, 5.41) is 14.4. The number of benzene rings is 1. The van der Waals surface area contributed by atoms with Crippen molar-refractivity contribution < 1.29 is 4.79 Å². The molecule has 0 fully saturated rings. The number of pyridine rings is 1. The van der Waals surface area contributed by atoms with Gasteiger partial charge in [0.1, 0.15) is 5.65 Å². The number of fused-ring (bicyclic) bond motifs is 1. The molecule has 4 rings (SSSR count). The number of amides is 2. The number of hydrogen-bond acceptors (Lipinski definition) is 7. The number of carbonyl (C=O) groups excluding carboxylic acids is 1. The van der Waals surface area contributed by atoms with Crippen LogP contribution in [0.25, 0.3) is 5.65 Å². The summed E-state index contributed by atoms with van der Waals surface area (Å²) in [6, 6.07) is 11.7. The van der Waals surface area contributed by atoms with Crippen molar-refractivity contribution in [3.8, 4) is 0 Å². The predicted molar refractivity (Wildman–Crippen MR) is 120 cm³/mol. The molecule has 0 bridgehead atoms. The highest BCUT2D eigenvalue weighted by Crippen LogP contribution is 2.28. The quantitative estimate of drug-likeness (QED) is 0.338. The van der Waals surface area contributed by atoms with Crippen LogP contribution >= 0.6 is 34.7 Å². The van der Waals surface area contributed by atoms with E-state index in [1.807, 2.05) is 13.0 Å². The second-order valence-electron chi connectivity index (χ2n) is 6.17. The number of carbonyl (C=O) groups is 1. The minimum absolute atomic E-state index is 0.135. The van der Waals surface area contributed by atoms with Gasteiger partial charge in [0.2, 0.25) is 5.13 Å². The third-order valence-electron chi connectivity index (χ3n) is 4.11. The molecule has 0 aliphatic rings. The number of urea groups is 1. The summed E-state index contributed by atoms with van der Waals surface area (Å²) in [7, 11) is 0. The van der Waals surface area contributed by atoms with E-state index < -0.39 is 6.03 Å². The first-order chi connectivity index (χ1) is 14.5. The van der Waals surface area contributed by atoms with E-state index in [-0.39, 0.29) is 5.56 Å². The Labute approximate surface area is 184 Å². The highest BCUT2D eigenvalue weighted by molar-refractivity contribution is 8.00. The summed E-state index contributed by atoms with van der Waals surface area (Å²) in [6.45, 7) is 1.82. The van der Waals surface area contributed by atoms with Crippen molar-refractivity contribution in [3.63, 3.8) is 0 Å². The van der Waals surface area contributed by atoms with Crippen molar-refractivity contribution in [2.45, 2.75) is 17.0 Å². The Kier molecular flexibility index (Phi) is 5.98. The van der Waals surface area contributed by atoms with Gasteiger partial charge in [-0.25, -0.2) is 9.78 Å². The molecule has 0 aliphatic heterocycles. The predicted octanol–water partition coefficient (Wildman–Crippen LogP) is 4.44. The number of nitrogens with zero attached hydrogens (tertiary/aromatic N) is 4. The summed E-state index contributed by atoms with van der Waals surface area (Å²) < 4.78 is 2.14. The van der Waals surface area contributed by atoms with Crippen molar-refractivity contribution >= 4 is 57.2 Å². The number of nitrogens with one attached hydrogen (secondary N) is 2. The van der Waals surface area contributed by atoms with Gasteiger partial charge in [-0.15, -0.1) is 10.2 Å². The molecule has 8 nitrogen and oxygen atoms in total. The average Bonchev–Trinajstić information content (AvgIpc) is 3.17. The Hall–Kier alpha value is -2.95. The molecule has 0 aliphatic carbocycles. The zero-order chi connectivity index (χ0) is 21.1. The zero-order valence-electron chi connectivity index (χ0n) is 15.6. The van der Waals surface area contributed by atoms with E-state index in [4.69, 9.17) is 11.6 Å². The number of hydrogen-bond donors (Lipinski definition) is 2. The summed E-state index contributed by atoms with van der Waals surface area (Å²) in [5.41, 5.74) is 2.50. The van der Waals surface area contributed by atoms with Crippen LogP contribution in [0.3, 0.4) is 0 Å². The van der Waals surface area contributed by atoms with Crippen LogP contribution in [0.15, 0.2) is 57.8 Å². The SMILES string of the molecule is Cc1c(Cl)cccc1NC(=O)Nc1nnc(SCc2cc(=O)n3ccccc3n2)s1. The highest BCUT2D eigenvalue weighted by Gasteiger charge is 2.11. The van der Waals surface area contributed by atoms with Crippen LogP contribution in [0.2, 0.25) is 5.02 Å². The number of thioether (sulfide) groups is 1. The third kappa shape index (κ3) is 4.61. The fourth-order valence-electron chi connectivity index (χ4n) is 2.62. The summed E-state index contributed by atoms with van der Waals surface area (Å²) in [6.07, 6.45) is 1.68. The average molecular weight is 459 g/mol. The van der Waals surface area contributed by atoms with Crippen molar-refractivity contribution in [2.75, 3.05) is 10.6 Å². The monoisotopic (exact) mass is 458 g/mol. The molecular weight excluding hydrogens is 444 g/mol. The molecule has 3 heterocycles. The van der Waals surface area contributed by atoms with E-state index in [0.717, 1.165) is 5.56 Å². The summed E-state index contributed by atoms with van der Waals surface area (Å²) in [5.74, 6) is 0.461. The van der Waals surface area contributed by atoms with Crippen LogP contribution in [0.1, 0.15) is 11.3 Å². The molecule has 152 valence electrons. The Morgan fingerprint density at radius 3 is 2.93 bits per heavy atom. The molecule has 0 spiro atoms. The molecule has 0 saturated heterocycles. The van der Waals surface area contributed by atoms with E-state index >= 15 is 0 Å². The minimum Gasteiger partial charge on any atom is -0.307 e. The van der Waals surface area contributed by atoms with E-state index in [1.54, 1.807) is 36.5 Å². The van der Waals surface area contributed by atoms with E-state index in [0.29, 0.717) is 37.3 Å². The van der Waals surface area contributed by atoms with Crippen molar-refractivity contribution in [1.82, 2.24) is 19.6 Å². The molecule has 1 aromatic carbocycles. The largest absolute Gasteiger partial charge is 0.325 e. The van der Waals surface area contributed by atoms with Gasteiger partial charge >= 0.3 is 6.03 Å². The van der Waals surface area contributed by atoms with Gasteiger partial charge in [0.05, 0.1) is 5.69 Å². The normalized spacial score (nSPS) is 10.9. The van der Waals surface area contributed by atoms with Crippen LogP contribution in [0, 0.1) is 6.92 Å². The summed E-state index contributed by atoms with van der Waals surface area (Å²) >= 11 is 8.70. The van der Waals surface area contributed by atoms with Gasteiger partial charge in [-0.1, -0.05) is 46.8 Å². The van der Waals surface area contributed by atoms with E-state index in [1.165, 1.54) is 33.6 Å². The topological polar surface area (TPSA) is 101 Å². The van der Waals surface area contributed by atoms with Gasteiger partial charge in [-0.2, -0.15) is 0 Å². The van der Waals surface area contributed by atoms with Crippen LogP contribution < -0.4 is 16.2 Å². The maximum atomic E-state index is 12.2. The Bertz CT molecular complexity index is 1290. The maximum Gasteiger partial charge on any atom is 0.325 e. The van der Waals surface area contributed by atoms with Gasteiger partial charge in [0, 0.05) is 28.7 Å². The Balaban J connectivity index is 1.38. The molecule has 2 N–H and O–H groups in total. The molecule has 30 heavy (non-hydrogen) atoms. The number of rotatable bonds is 5. The molecule has 2 amide bonds. The Morgan fingerprint density at radius 1 is 1.20 bits per heavy atom. The first kappa shape index (κ1) is 20.3. The van der Waals surface area contributed by atoms with Gasteiger partial charge in [0.15, 0.2) is 4.34 Å². The standard InChI is InChI=1S/C19H15ClN6O2S2/c1-11-13(20)5-4-6-14(11)22-17(28)23-18-24-25-19(30-18)29-10-12-9-16(27)26-8-3-2-7-15(26)21-12/h2-9H,10H2,1H3,(H2,22,23,24,28). The molecule has 0 saturated carbocycles. The van der Waals surface area contributed by atoms with E-state index in [9.17, 15) is 9.59 Å². The van der Waals surface area contributed by atoms with Gasteiger partial charge < -0.3 is 5.32 Å². The number of halogens is 1. The fraction of sp³-hybridized carbons (Fsp3) is 0.105. The molecule has 3 aromatic heterocycles. The van der Waals surface area contributed by atoms with Crippen molar-refractivity contribution in [2.24, 2.45) is 0 Å². The molecule has 0 unspecified atom stereocenters. The summed E-state index contributed by atoms with van der Waals surface area (Å²) in [4.78, 5) is 28.8. The highest BCUT2D eigenvalue weighted by atomic mass is 35.5. The molecule has 0 radical (unpaired) electrons. The second-order valence-corrected chi connectivity index (χ2v) is 8.78.